The van der Waals surface area contributed by atoms with E-state index >= 15 is 0 Å². The molecule has 4 rings (SSSR count). The Bertz CT molecular complexity index is 551. The van der Waals surface area contributed by atoms with Crippen LogP contribution >= 0.6 is 0 Å². The second kappa shape index (κ2) is 6.16. The number of hydrogen-bond donors (Lipinski definition) is 1. The van der Waals surface area contributed by atoms with Gasteiger partial charge in [0.05, 0.1) is 5.41 Å². The molecule has 0 aromatic heterocycles. The van der Waals surface area contributed by atoms with Crippen molar-refractivity contribution >= 4 is 17.3 Å². The molecule has 0 unspecified atom stereocenters. The minimum absolute atomic E-state index is 0.100. The van der Waals surface area contributed by atoms with Crippen LogP contribution < -0.4 is 15.1 Å². The van der Waals surface area contributed by atoms with Crippen molar-refractivity contribution in [1.29, 1.82) is 0 Å². The van der Waals surface area contributed by atoms with Crippen molar-refractivity contribution in [3.8, 4) is 0 Å². The van der Waals surface area contributed by atoms with E-state index in [9.17, 15) is 4.79 Å². The highest BCUT2D eigenvalue weighted by Crippen LogP contribution is 2.41. The Hall–Kier alpha value is -1.55. The van der Waals surface area contributed by atoms with Gasteiger partial charge in [-0.25, -0.2) is 0 Å². The van der Waals surface area contributed by atoms with Crippen LogP contribution in [0.4, 0.5) is 11.4 Å². The van der Waals surface area contributed by atoms with E-state index < -0.39 is 0 Å². The number of piperidine rings is 2. The number of carbonyl (C=O) groups is 1. The average molecular weight is 313 g/mol. The fourth-order valence-corrected chi connectivity index (χ4v) is 4.50. The molecule has 3 heterocycles. The first-order valence-electron chi connectivity index (χ1n) is 9.16. The summed E-state index contributed by atoms with van der Waals surface area (Å²) < 4.78 is 0. The molecule has 1 aromatic rings. The summed E-state index contributed by atoms with van der Waals surface area (Å²) in [7, 11) is 0. The van der Waals surface area contributed by atoms with Crippen LogP contribution in [0.2, 0.25) is 0 Å². The Morgan fingerprint density at radius 1 is 0.826 bits per heavy atom. The Balaban J connectivity index is 1.53. The van der Waals surface area contributed by atoms with E-state index in [1.54, 1.807) is 0 Å². The molecular weight excluding hydrogens is 286 g/mol. The molecule has 4 heteroatoms. The van der Waals surface area contributed by atoms with Crippen molar-refractivity contribution in [2.24, 2.45) is 5.41 Å². The first-order valence-corrected chi connectivity index (χ1v) is 9.16. The normalized spacial score (nSPS) is 24.4. The lowest BCUT2D eigenvalue weighted by Crippen LogP contribution is -2.53. The van der Waals surface area contributed by atoms with Crippen molar-refractivity contribution in [2.75, 3.05) is 42.5 Å². The zero-order valence-corrected chi connectivity index (χ0v) is 13.9. The summed E-state index contributed by atoms with van der Waals surface area (Å²) in [5.41, 5.74) is 2.28. The van der Waals surface area contributed by atoms with Crippen LogP contribution in [0, 0.1) is 5.41 Å². The summed E-state index contributed by atoms with van der Waals surface area (Å²) in [6, 6.07) is 8.67. The summed E-state index contributed by atoms with van der Waals surface area (Å²) in [6.07, 6.45) is 6.77. The van der Waals surface area contributed by atoms with E-state index in [1.165, 1.54) is 18.5 Å². The standard InChI is InChI=1S/C19H27N3O/c23-18-19(9-11-20-12-10-19)8-3-15-22(18)17-6-4-16(5-7-17)21-13-1-2-14-21/h4-7,20H,1-3,8-15H2. The SMILES string of the molecule is O=C1N(c2ccc(N3CCCC3)cc2)CCCC12CCNCC2. The highest BCUT2D eigenvalue weighted by molar-refractivity contribution is 5.98. The number of rotatable bonds is 2. The van der Waals surface area contributed by atoms with Crippen LogP contribution in [-0.4, -0.2) is 38.6 Å². The van der Waals surface area contributed by atoms with Gasteiger partial charge in [0, 0.05) is 31.0 Å². The van der Waals surface area contributed by atoms with E-state index in [-0.39, 0.29) is 5.41 Å². The number of anilines is 2. The summed E-state index contributed by atoms with van der Waals surface area (Å²) in [5, 5.41) is 3.39. The molecule has 23 heavy (non-hydrogen) atoms. The molecule has 3 aliphatic rings. The predicted octanol–water partition coefficient (Wildman–Crippen LogP) is 2.78. The molecule has 0 saturated carbocycles. The summed E-state index contributed by atoms with van der Waals surface area (Å²) in [6.45, 7) is 5.16. The number of nitrogens with one attached hydrogen (secondary N) is 1. The zero-order chi connectivity index (χ0) is 15.7. The van der Waals surface area contributed by atoms with E-state index in [1.807, 2.05) is 4.90 Å². The molecule has 3 saturated heterocycles. The second-order valence-electron chi connectivity index (χ2n) is 7.30. The van der Waals surface area contributed by atoms with Crippen LogP contribution in [0.25, 0.3) is 0 Å². The first kappa shape index (κ1) is 15.0. The topological polar surface area (TPSA) is 35.6 Å². The molecule has 1 aromatic carbocycles. The minimum atomic E-state index is -0.100. The third kappa shape index (κ3) is 2.74. The monoisotopic (exact) mass is 313 g/mol. The van der Waals surface area contributed by atoms with Crippen molar-refractivity contribution in [3.63, 3.8) is 0 Å². The van der Waals surface area contributed by atoms with Gasteiger partial charge in [-0.1, -0.05) is 0 Å². The molecule has 0 atom stereocenters. The lowest BCUT2D eigenvalue weighted by molar-refractivity contribution is -0.132. The molecule has 1 amide bonds. The first-order chi connectivity index (χ1) is 11.3. The molecule has 4 nitrogen and oxygen atoms in total. The van der Waals surface area contributed by atoms with Gasteiger partial charge >= 0.3 is 0 Å². The summed E-state index contributed by atoms with van der Waals surface area (Å²) in [4.78, 5) is 17.6. The molecule has 3 aliphatic heterocycles. The molecule has 1 spiro atoms. The smallest absolute Gasteiger partial charge is 0.233 e. The van der Waals surface area contributed by atoms with Crippen LogP contribution in [0.3, 0.4) is 0 Å². The fourth-order valence-electron chi connectivity index (χ4n) is 4.50. The maximum Gasteiger partial charge on any atom is 0.233 e. The number of hydrogen-bond acceptors (Lipinski definition) is 3. The van der Waals surface area contributed by atoms with Gasteiger partial charge in [-0.3, -0.25) is 4.79 Å². The van der Waals surface area contributed by atoms with Crippen LogP contribution in [0.1, 0.15) is 38.5 Å². The van der Waals surface area contributed by atoms with E-state index in [0.29, 0.717) is 5.91 Å². The van der Waals surface area contributed by atoms with Gasteiger partial charge in [0.1, 0.15) is 0 Å². The van der Waals surface area contributed by atoms with Gasteiger partial charge in [-0.15, -0.1) is 0 Å². The maximum absolute atomic E-state index is 13.1. The molecule has 0 radical (unpaired) electrons. The lowest BCUT2D eigenvalue weighted by atomic mass is 9.72. The molecular formula is C19H27N3O. The quantitative estimate of drug-likeness (QED) is 0.912. The molecule has 3 fully saturated rings. The highest BCUT2D eigenvalue weighted by atomic mass is 16.2. The summed E-state index contributed by atoms with van der Waals surface area (Å²) >= 11 is 0. The largest absolute Gasteiger partial charge is 0.372 e. The van der Waals surface area contributed by atoms with Gasteiger partial charge in [0.15, 0.2) is 0 Å². The maximum atomic E-state index is 13.1. The molecule has 124 valence electrons. The van der Waals surface area contributed by atoms with E-state index in [2.05, 4.69) is 34.5 Å². The highest BCUT2D eigenvalue weighted by Gasteiger charge is 2.44. The Morgan fingerprint density at radius 2 is 1.48 bits per heavy atom. The predicted molar refractivity (Wildman–Crippen MR) is 94.0 cm³/mol. The van der Waals surface area contributed by atoms with Gasteiger partial charge < -0.3 is 15.1 Å². The third-order valence-electron chi connectivity index (χ3n) is 5.93. The zero-order valence-electron chi connectivity index (χ0n) is 13.9. The summed E-state index contributed by atoms with van der Waals surface area (Å²) in [5.74, 6) is 0.360. The second-order valence-corrected chi connectivity index (χ2v) is 7.30. The van der Waals surface area contributed by atoms with Crippen LogP contribution in [-0.2, 0) is 4.79 Å². The van der Waals surface area contributed by atoms with E-state index in [0.717, 1.165) is 64.1 Å². The van der Waals surface area contributed by atoms with Crippen LogP contribution in [0.15, 0.2) is 24.3 Å². The average Bonchev–Trinajstić information content (AvgIpc) is 3.13. The number of amides is 1. The van der Waals surface area contributed by atoms with Crippen molar-refractivity contribution in [2.45, 2.75) is 38.5 Å². The van der Waals surface area contributed by atoms with Gasteiger partial charge in [0.2, 0.25) is 5.91 Å². The van der Waals surface area contributed by atoms with Crippen molar-refractivity contribution in [3.05, 3.63) is 24.3 Å². The Labute approximate surface area is 138 Å². The minimum Gasteiger partial charge on any atom is -0.372 e. The molecule has 0 bridgehead atoms. The lowest BCUT2D eigenvalue weighted by Gasteiger charge is -2.44. The fraction of sp³-hybridized carbons (Fsp3) is 0.632. The van der Waals surface area contributed by atoms with Crippen LogP contribution in [0.5, 0.6) is 0 Å². The molecule has 1 N–H and O–H groups in total. The van der Waals surface area contributed by atoms with Gasteiger partial charge in [0.25, 0.3) is 0 Å². The van der Waals surface area contributed by atoms with Gasteiger partial charge in [-0.2, -0.15) is 0 Å². The molecule has 0 aliphatic carbocycles. The third-order valence-corrected chi connectivity index (χ3v) is 5.93. The Morgan fingerprint density at radius 3 is 2.17 bits per heavy atom. The van der Waals surface area contributed by atoms with E-state index in [4.69, 9.17) is 0 Å². The Kier molecular flexibility index (Phi) is 4.02. The van der Waals surface area contributed by atoms with Gasteiger partial charge in [-0.05, 0) is 75.9 Å². The number of nitrogens with zero attached hydrogens (tertiary/aromatic N) is 2. The number of benzene rings is 1. The van der Waals surface area contributed by atoms with Crippen molar-refractivity contribution in [1.82, 2.24) is 5.32 Å². The number of carbonyl (C=O) groups excluding carboxylic acids is 1. The van der Waals surface area contributed by atoms with Crippen molar-refractivity contribution < 1.29 is 4.79 Å².